The lowest BCUT2D eigenvalue weighted by atomic mass is 9.73. The van der Waals surface area contributed by atoms with Gasteiger partial charge in [0.2, 0.25) is 5.88 Å². The number of benzene rings is 2. The molecule has 0 amide bonds. The van der Waals surface area contributed by atoms with E-state index in [1.54, 1.807) is 12.1 Å². The van der Waals surface area contributed by atoms with Crippen LogP contribution in [0.1, 0.15) is 35.8 Å². The maximum absolute atomic E-state index is 13.2. The van der Waals surface area contributed by atoms with Crippen LogP contribution in [0.15, 0.2) is 71.3 Å². The number of phenolic OH excluding ortho intramolecular Hbond substituents is 1. The number of methoxy groups -OCH3 is 1. The van der Waals surface area contributed by atoms with E-state index in [4.69, 9.17) is 15.2 Å². The Kier molecular flexibility index (Phi) is 4.73. The average Bonchev–Trinajstić information content (AvgIpc) is 2.73. The van der Waals surface area contributed by atoms with Gasteiger partial charge < -0.3 is 20.3 Å². The third-order valence-electron chi connectivity index (χ3n) is 5.47. The number of rotatable bonds is 3. The molecule has 2 atom stereocenters. The lowest BCUT2D eigenvalue weighted by Gasteiger charge is -2.34. The highest BCUT2D eigenvalue weighted by molar-refractivity contribution is 6.00. The van der Waals surface area contributed by atoms with Crippen LogP contribution in [0.3, 0.4) is 0 Å². The van der Waals surface area contributed by atoms with Crippen LogP contribution in [-0.4, -0.2) is 18.0 Å². The van der Waals surface area contributed by atoms with Crippen molar-refractivity contribution in [2.45, 2.75) is 24.7 Å². The van der Waals surface area contributed by atoms with Gasteiger partial charge in [0, 0.05) is 18.4 Å². The number of carbonyl (C=O) groups is 1. The fraction of sp³-hybridized carbons (Fsp3) is 0.217. The summed E-state index contributed by atoms with van der Waals surface area (Å²) < 4.78 is 11.0. The molecule has 4 rings (SSSR count). The van der Waals surface area contributed by atoms with Crippen LogP contribution in [0.4, 0.5) is 0 Å². The molecule has 29 heavy (non-hydrogen) atoms. The van der Waals surface area contributed by atoms with E-state index in [1.807, 2.05) is 30.3 Å². The quantitative estimate of drug-likeness (QED) is 0.832. The summed E-state index contributed by atoms with van der Waals surface area (Å²) in [5.41, 5.74) is 8.40. The highest BCUT2D eigenvalue weighted by Gasteiger charge is 2.41. The molecule has 2 aliphatic rings. The number of carbonyl (C=O) groups excluding carboxylic acids is 1. The Morgan fingerprint density at radius 1 is 1.17 bits per heavy atom. The summed E-state index contributed by atoms with van der Waals surface area (Å²) in [5, 5.41) is 19.6. The van der Waals surface area contributed by atoms with Crippen molar-refractivity contribution in [3.8, 4) is 17.6 Å². The Labute approximate surface area is 168 Å². The van der Waals surface area contributed by atoms with Gasteiger partial charge in [-0.1, -0.05) is 36.4 Å². The molecule has 6 heteroatoms. The minimum Gasteiger partial charge on any atom is -0.504 e. The van der Waals surface area contributed by atoms with Crippen LogP contribution in [-0.2, 0) is 9.53 Å². The number of ketones is 1. The molecule has 0 saturated heterocycles. The van der Waals surface area contributed by atoms with E-state index < -0.39 is 5.92 Å². The van der Waals surface area contributed by atoms with E-state index in [1.165, 1.54) is 13.2 Å². The predicted octanol–water partition coefficient (Wildman–Crippen LogP) is 3.61. The zero-order valence-electron chi connectivity index (χ0n) is 15.9. The monoisotopic (exact) mass is 388 g/mol. The Morgan fingerprint density at radius 3 is 2.62 bits per heavy atom. The Bertz CT molecular complexity index is 1080. The van der Waals surface area contributed by atoms with Crippen LogP contribution >= 0.6 is 0 Å². The van der Waals surface area contributed by atoms with Gasteiger partial charge in [0.15, 0.2) is 17.3 Å². The van der Waals surface area contributed by atoms with Crippen molar-refractivity contribution in [2.75, 3.05) is 7.11 Å². The molecule has 3 N–H and O–H groups in total. The number of nitriles is 1. The largest absolute Gasteiger partial charge is 0.504 e. The second-order valence-electron chi connectivity index (χ2n) is 7.13. The van der Waals surface area contributed by atoms with Crippen LogP contribution in [0.2, 0.25) is 0 Å². The van der Waals surface area contributed by atoms with E-state index in [-0.39, 0.29) is 34.7 Å². The van der Waals surface area contributed by atoms with Gasteiger partial charge in [0.25, 0.3) is 0 Å². The van der Waals surface area contributed by atoms with Gasteiger partial charge in [-0.15, -0.1) is 0 Å². The van der Waals surface area contributed by atoms with Crippen molar-refractivity contribution in [3.05, 3.63) is 82.4 Å². The third kappa shape index (κ3) is 3.21. The second kappa shape index (κ2) is 7.36. The summed E-state index contributed by atoms with van der Waals surface area (Å²) in [5.74, 6) is 0.0201. The van der Waals surface area contributed by atoms with Crippen molar-refractivity contribution < 1.29 is 19.4 Å². The minimum absolute atomic E-state index is 0.00445. The van der Waals surface area contributed by atoms with Crippen molar-refractivity contribution in [1.82, 2.24) is 0 Å². The van der Waals surface area contributed by atoms with Crippen molar-refractivity contribution >= 4 is 5.78 Å². The number of ether oxygens (including phenoxy) is 2. The summed E-state index contributed by atoms with van der Waals surface area (Å²) in [6, 6.07) is 16.7. The van der Waals surface area contributed by atoms with E-state index in [9.17, 15) is 15.2 Å². The molecule has 1 aliphatic carbocycles. The molecule has 0 radical (unpaired) electrons. The number of allylic oxidation sites excluding steroid dienone is 3. The number of aromatic hydroxyl groups is 1. The molecular weight excluding hydrogens is 368 g/mol. The minimum atomic E-state index is -0.650. The first kappa shape index (κ1) is 18.6. The van der Waals surface area contributed by atoms with Crippen molar-refractivity contribution in [2.24, 2.45) is 5.73 Å². The third-order valence-corrected chi connectivity index (χ3v) is 5.47. The Morgan fingerprint density at radius 2 is 1.93 bits per heavy atom. The zero-order valence-corrected chi connectivity index (χ0v) is 15.9. The lowest BCUT2D eigenvalue weighted by Crippen LogP contribution is -2.29. The maximum Gasteiger partial charge on any atom is 0.205 e. The number of nitrogens with zero attached hydrogens (tertiary/aromatic N) is 1. The Balaban J connectivity index is 1.81. The molecule has 1 aliphatic heterocycles. The molecule has 0 spiro atoms. The summed E-state index contributed by atoms with van der Waals surface area (Å²) in [6.07, 6.45) is 0.854. The Hall–Kier alpha value is -3.72. The fourth-order valence-electron chi connectivity index (χ4n) is 4.08. The first-order valence-corrected chi connectivity index (χ1v) is 9.29. The van der Waals surface area contributed by atoms with Gasteiger partial charge in [0.1, 0.15) is 17.4 Å². The SMILES string of the molecule is COc1cc([C@H]2C(C#N)=C(N)OC3=C2C(=O)C[C@@H](c2ccccc2)C3)ccc1O. The standard InChI is InChI=1S/C23H20N2O4/c1-28-19-10-14(7-8-17(19)26)21-16(12-24)23(25)29-20-11-15(9-18(27)22(20)21)13-5-3-2-4-6-13/h2-8,10,15,21,26H,9,11,25H2,1H3/t15-,21+/m1/s1. The van der Waals surface area contributed by atoms with Crippen molar-refractivity contribution in [1.29, 1.82) is 5.26 Å². The predicted molar refractivity (Wildman–Crippen MR) is 106 cm³/mol. The van der Waals surface area contributed by atoms with Gasteiger partial charge in [-0.3, -0.25) is 4.79 Å². The number of hydrogen-bond donors (Lipinski definition) is 2. The van der Waals surface area contributed by atoms with E-state index in [0.717, 1.165) is 5.56 Å². The molecule has 2 aromatic carbocycles. The van der Waals surface area contributed by atoms with Gasteiger partial charge in [0.05, 0.1) is 13.0 Å². The van der Waals surface area contributed by atoms with Gasteiger partial charge in [-0.05, 0) is 29.2 Å². The molecule has 1 heterocycles. The second-order valence-corrected chi connectivity index (χ2v) is 7.13. The molecule has 0 saturated carbocycles. The summed E-state index contributed by atoms with van der Waals surface area (Å²) in [6.45, 7) is 0. The molecule has 2 aromatic rings. The summed E-state index contributed by atoms with van der Waals surface area (Å²) >= 11 is 0. The fourth-order valence-corrected chi connectivity index (χ4v) is 4.08. The van der Waals surface area contributed by atoms with Crippen LogP contribution < -0.4 is 10.5 Å². The molecular formula is C23H20N2O4. The number of hydrogen-bond acceptors (Lipinski definition) is 6. The molecule has 0 fully saturated rings. The summed E-state index contributed by atoms with van der Waals surface area (Å²) in [7, 11) is 1.44. The van der Waals surface area contributed by atoms with Crippen molar-refractivity contribution in [3.63, 3.8) is 0 Å². The van der Waals surface area contributed by atoms with E-state index in [2.05, 4.69) is 6.07 Å². The topological polar surface area (TPSA) is 106 Å². The first-order valence-electron chi connectivity index (χ1n) is 9.29. The van der Waals surface area contributed by atoms with Crippen LogP contribution in [0.5, 0.6) is 11.5 Å². The molecule has 0 unspecified atom stereocenters. The molecule has 6 nitrogen and oxygen atoms in total. The number of phenols is 1. The van der Waals surface area contributed by atoms with E-state index in [0.29, 0.717) is 29.7 Å². The summed E-state index contributed by atoms with van der Waals surface area (Å²) in [4.78, 5) is 13.2. The average molecular weight is 388 g/mol. The molecule has 0 aromatic heterocycles. The van der Waals surface area contributed by atoms with Gasteiger partial charge in [-0.25, -0.2) is 0 Å². The van der Waals surface area contributed by atoms with E-state index >= 15 is 0 Å². The molecule has 0 bridgehead atoms. The van der Waals surface area contributed by atoms with Gasteiger partial charge in [-0.2, -0.15) is 5.26 Å². The zero-order chi connectivity index (χ0) is 20.5. The van der Waals surface area contributed by atoms with Gasteiger partial charge >= 0.3 is 0 Å². The van der Waals surface area contributed by atoms with Crippen LogP contribution in [0, 0.1) is 11.3 Å². The molecule has 146 valence electrons. The first-order chi connectivity index (χ1) is 14.0. The number of Topliss-reactive ketones (excluding diaryl/α,β-unsaturated/α-hetero) is 1. The number of nitrogens with two attached hydrogens (primary N) is 1. The smallest absolute Gasteiger partial charge is 0.205 e. The normalized spacial score (nSPS) is 21.3. The highest BCUT2D eigenvalue weighted by atomic mass is 16.5. The lowest BCUT2D eigenvalue weighted by molar-refractivity contribution is -0.117. The highest BCUT2D eigenvalue weighted by Crippen LogP contribution is 2.47. The van der Waals surface area contributed by atoms with Crippen LogP contribution in [0.25, 0.3) is 0 Å². The maximum atomic E-state index is 13.2.